The van der Waals surface area contributed by atoms with Gasteiger partial charge >= 0.3 is 0 Å². The van der Waals surface area contributed by atoms with Gasteiger partial charge < -0.3 is 9.47 Å². The Morgan fingerprint density at radius 1 is 1.32 bits per heavy atom. The summed E-state index contributed by atoms with van der Waals surface area (Å²) in [7, 11) is 1.90. The van der Waals surface area contributed by atoms with Crippen LogP contribution >= 0.6 is 11.3 Å². The lowest BCUT2D eigenvalue weighted by molar-refractivity contribution is -0.119. The third kappa shape index (κ3) is 3.61. The topological polar surface area (TPSA) is 53.7 Å². The van der Waals surface area contributed by atoms with Crippen molar-refractivity contribution < 1.29 is 4.79 Å². The number of aromatic nitrogens is 2. The van der Waals surface area contributed by atoms with E-state index < -0.39 is 0 Å². The molecular weight excluding hydrogens is 298 g/mol. The molecule has 0 saturated carbocycles. The van der Waals surface area contributed by atoms with Crippen LogP contribution in [0.4, 0.5) is 5.82 Å². The minimum atomic E-state index is -0.0793. The van der Waals surface area contributed by atoms with Crippen LogP contribution in [-0.4, -0.2) is 53.1 Å². The molecule has 116 valence electrons. The number of thiazole rings is 1. The highest BCUT2D eigenvalue weighted by Crippen LogP contribution is 2.12. The highest BCUT2D eigenvalue weighted by Gasteiger charge is 2.19. The quantitative estimate of drug-likeness (QED) is 0.837. The molecule has 1 saturated heterocycles. The summed E-state index contributed by atoms with van der Waals surface area (Å²) < 4.78 is 1.86. The van der Waals surface area contributed by atoms with Crippen LogP contribution < -0.4 is 9.70 Å². The van der Waals surface area contributed by atoms with Crippen LogP contribution in [0.3, 0.4) is 0 Å². The minimum Gasteiger partial charge on any atom is -0.354 e. The molecule has 6 nitrogen and oxygen atoms in total. The highest BCUT2D eigenvalue weighted by atomic mass is 32.1. The molecule has 1 fully saturated rings. The zero-order valence-electron chi connectivity index (χ0n) is 12.6. The van der Waals surface area contributed by atoms with Crippen molar-refractivity contribution in [2.75, 3.05) is 37.6 Å². The van der Waals surface area contributed by atoms with Crippen molar-refractivity contribution in [3.8, 4) is 0 Å². The van der Waals surface area contributed by atoms with Crippen molar-refractivity contribution in [3.05, 3.63) is 40.8 Å². The largest absolute Gasteiger partial charge is 0.354 e. The first-order valence-corrected chi connectivity index (χ1v) is 8.16. The first-order chi connectivity index (χ1) is 10.7. The molecule has 0 N–H and O–H groups in total. The van der Waals surface area contributed by atoms with E-state index >= 15 is 0 Å². The maximum atomic E-state index is 12.0. The van der Waals surface area contributed by atoms with Crippen LogP contribution in [0.2, 0.25) is 0 Å². The second kappa shape index (κ2) is 6.85. The van der Waals surface area contributed by atoms with Gasteiger partial charge in [-0.1, -0.05) is 6.07 Å². The van der Waals surface area contributed by atoms with E-state index in [9.17, 15) is 4.79 Å². The number of hydrogen-bond donors (Lipinski definition) is 0. The van der Waals surface area contributed by atoms with Gasteiger partial charge in [0.1, 0.15) is 5.82 Å². The number of carbonyl (C=O) groups is 1. The summed E-state index contributed by atoms with van der Waals surface area (Å²) in [5.74, 6) is 0.924. The standard InChI is InChI=1S/C15H19N5OS/c1-18-10-11-22-15(18)17-14(21)12-19-6-8-20(9-7-19)13-4-2-3-5-16-13/h2-5,10-11H,6-9,12H2,1H3. The van der Waals surface area contributed by atoms with Crippen molar-refractivity contribution in [2.45, 2.75) is 0 Å². The van der Waals surface area contributed by atoms with Crippen LogP contribution in [0.5, 0.6) is 0 Å². The predicted octanol–water partition coefficient (Wildman–Crippen LogP) is 0.731. The van der Waals surface area contributed by atoms with Gasteiger partial charge in [0, 0.05) is 51.0 Å². The third-order valence-electron chi connectivity index (χ3n) is 3.68. The van der Waals surface area contributed by atoms with Crippen LogP contribution in [-0.2, 0) is 11.8 Å². The van der Waals surface area contributed by atoms with E-state index in [2.05, 4.69) is 19.8 Å². The monoisotopic (exact) mass is 317 g/mol. The zero-order valence-corrected chi connectivity index (χ0v) is 13.4. The molecular formula is C15H19N5OS. The summed E-state index contributed by atoms with van der Waals surface area (Å²) in [6.45, 7) is 3.87. The molecule has 3 rings (SSSR count). The number of nitrogens with zero attached hydrogens (tertiary/aromatic N) is 5. The van der Waals surface area contributed by atoms with E-state index in [0.29, 0.717) is 6.54 Å². The van der Waals surface area contributed by atoms with Gasteiger partial charge in [-0.15, -0.1) is 11.3 Å². The van der Waals surface area contributed by atoms with Gasteiger partial charge in [0.05, 0.1) is 6.54 Å². The Labute approximate surface area is 133 Å². The molecule has 3 heterocycles. The van der Waals surface area contributed by atoms with Crippen molar-refractivity contribution in [1.82, 2.24) is 14.5 Å². The predicted molar refractivity (Wildman–Crippen MR) is 86.8 cm³/mol. The molecule has 2 aromatic heterocycles. The van der Waals surface area contributed by atoms with Crippen LogP contribution in [0.15, 0.2) is 41.0 Å². The fourth-order valence-corrected chi connectivity index (χ4v) is 3.19. The van der Waals surface area contributed by atoms with Crippen molar-refractivity contribution in [1.29, 1.82) is 0 Å². The van der Waals surface area contributed by atoms with Gasteiger partial charge in [-0.2, -0.15) is 4.99 Å². The SMILES string of the molecule is Cn1ccsc1=NC(=O)CN1CCN(c2ccccn2)CC1. The van der Waals surface area contributed by atoms with Crippen molar-refractivity contribution in [2.24, 2.45) is 12.0 Å². The Morgan fingerprint density at radius 2 is 2.14 bits per heavy atom. The lowest BCUT2D eigenvalue weighted by Crippen LogP contribution is -2.48. The third-order valence-corrected chi connectivity index (χ3v) is 4.53. The molecule has 0 radical (unpaired) electrons. The average Bonchev–Trinajstić information content (AvgIpc) is 2.94. The fraction of sp³-hybridized carbons (Fsp3) is 0.400. The minimum absolute atomic E-state index is 0.0793. The fourth-order valence-electron chi connectivity index (χ4n) is 2.44. The number of rotatable bonds is 3. The van der Waals surface area contributed by atoms with E-state index in [4.69, 9.17) is 0 Å². The molecule has 0 spiro atoms. The molecule has 0 aliphatic carbocycles. The first kappa shape index (κ1) is 14.9. The number of pyridine rings is 1. The molecule has 0 unspecified atom stereocenters. The van der Waals surface area contributed by atoms with Crippen LogP contribution in [0.25, 0.3) is 0 Å². The van der Waals surface area contributed by atoms with E-state index in [0.717, 1.165) is 36.8 Å². The van der Waals surface area contributed by atoms with Crippen molar-refractivity contribution in [3.63, 3.8) is 0 Å². The second-order valence-corrected chi connectivity index (χ2v) is 6.13. The van der Waals surface area contributed by atoms with Gasteiger partial charge in [-0.05, 0) is 12.1 Å². The number of piperazine rings is 1. The van der Waals surface area contributed by atoms with Gasteiger partial charge in [-0.3, -0.25) is 9.69 Å². The average molecular weight is 317 g/mol. The van der Waals surface area contributed by atoms with Crippen LogP contribution in [0, 0.1) is 0 Å². The summed E-state index contributed by atoms with van der Waals surface area (Å²) in [5.41, 5.74) is 0. The Balaban J connectivity index is 1.54. The van der Waals surface area contributed by atoms with Gasteiger partial charge in [0.15, 0.2) is 4.80 Å². The van der Waals surface area contributed by atoms with E-state index in [1.165, 1.54) is 11.3 Å². The molecule has 1 amide bonds. The van der Waals surface area contributed by atoms with E-state index in [-0.39, 0.29) is 5.91 Å². The second-order valence-electron chi connectivity index (χ2n) is 5.25. The molecule has 2 aromatic rings. The maximum absolute atomic E-state index is 12.0. The summed E-state index contributed by atoms with van der Waals surface area (Å²) in [5, 5.41) is 1.93. The smallest absolute Gasteiger partial charge is 0.262 e. The Morgan fingerprint density at radius 3 is 2.77 bits per heavy atom. The number of carbonyl (C=O) groups excluding carboxylic acids is 1. The van der Waals surface area contributed by atoms with E-state index in [1.54, 1.807) is 0 Å². The zero-order chi connectivity index (χ0) is 15.4. The lowest BCUT2D eigenvalue weighted by atomic mass is 10.3. The van der Waals surface area contributed by atoms with E-state index in [1.807, 2.05) is 47.6 Å². The first-order valence-electron chi connectivity index (χ1n) is 7.28. The summed E-state index contributed by atoms with van der Waals surface area (Å²) in [6.07, 6.45) is 3.72. The van der Waals surface area contributed by atoms with Crippen molar-refractivity contribution >= 4 is 23.1 Å². The number of anilines is 1. The maximum Gasteiger partial charge on any atom is 0.262 e. The van der Waals surface area contributed by atoms with Crippen LogP contribution in [0.1, 0.15) is 0 Å². The normalized spacial score (nSPS) is 17.0. The number of hydrogen-bond acceptors (Lipinski definition) is 5. The van der Waals surface area contributed by atoms with Gasteiger partial charge in [-0.25, -0.2) is 4.98 Å². The number of amides is 1. The molecule has 0 aromatic carbocycles. The highest BCUT2D eigenvalue weighted by molar-refractivity contribution is 7.07. The Kier molecular flexibility index (Phi) is 4.65. The molecule has 22 heavy (non-hydrogen) atoms. The summed E-state index contributed by atoms with van der Waals surface area (Å²) >= 11 is 1.48. The molecule has 0 atom stereocenters. The number of aryl methyl sites for hydroxylation is 1. The Bertz CT molecular complexity index is 685. The summed E-state index contributed by atoms with van der Waals surface area (Å²) in [6, 6.07) is 5.94. The molecule has 1 aliphatic rings. The Hall–Kier alpha value is -1.99. The molecule has 1 aliphatic heterocycles. The lowest BCUT2D eigenvalue weighted by Gasteiger charge is -2.34. The molecule has 0 bridgehead atoms. The van der Waals surface area contributed by atoms with Gasteiger partial charge in [0.25, 0.3) is 5.91 Å². The van der Waals surface area contributed by atoms with Gasteiger partial charge in [0.2, 0.25) is 0 Å². The molecule has 7 heteroatoms. The summed E-state index contributed by atoms with van der Waals surface area (Å²) in [4.78, 5) is 25.7.